The zero-order valence-corrected chi connectivity index (χ0v) is 18.8. The minimum absolute atomic E-state index is 0.0527. The normalized spacial score (nSPS) is 10.7. The van der Waals surface area contributed by atoms with Crippen LogP contribution in [-0.2, 0) is 16.0 Å². The van der Waals surface area contributed by atoms with E-state index in [9.17, 15) is 9.59 Å². The summed E-state index contributed by atoms with van der Waals surface area (Å²) < 4.78 is 5.74. The molecule has 3 aromatic rings. The Bertz CT molecular complexity index is 1070. The van der Waals surface area contributed by atoms with Crippen LogP contribution in [0.3, 0.4) is 0 Å². The number of amides is 2. The molecule has 0 saturated heterocycles. The number of carbonyl (C=O) groups is 2. The number of rotatable bonds is 8. The molecular weight excluding hydrogens is 437 g/mol. The molecule has 1 N–H and O–H groups in total. The minimum Gasteiger partial charge on any atom is -0.441 e. The SMILES string of the molecule is CCCN(CC(=O)Nc1ccc(Cl)cc1Cl)C(=O)Cc1nc(-c2ccccc2)oc1C. The first kappa shape index (κ1) is 22.8. The number of halogens is 2. The van der Waals surface area contributed by atoms with Crippen LogP contribution in [0.15, 0.2) is 52.9 Å². The van der Waals surface area contributed by atoms with Crippen LogP contribution in [0.1, 0.15) is 24.8 Å². The van der Waals surface area contributed by atoms with E-state index >= 15 is 0 Å². The van der Waals surface area contributed by atoms with Gasteiger partial charge in [0, 0.05) is 17.1 Å². The summed E-state index contributed by atoms with van der Waals surface area (Å²) in [5, 5.41) is 3.53. The molecule has 6 nitrogen and oxygen atoms in total. The first-order valence-corrected chi connectivity index (χ1v) is 10.7. The quantitative estimate of drug-likeness (QED) is 0.490. The van der Waals surface area contributed by atoms with Crippen LogP contribution in [-0.4, -0.2) is 34.8 Å². The lowest BCUT2D eigenvalue weighted by Gasteiger charge is -2.21. The fraction of sp³-hybridized carbons (Fsp3) is 0.261. The number of nitrogens with zero attached hydrogens (tertiary/aromatic N) is 2. The molecule has 3 rings (SSSR count). The molecule has 0 saturated carbocycles. The number of carbonyl (C=O) groups excluding carboxylic acids is 2. The Morgan fingerprint density at radius 3 is 2.55 bits per heavy atom. The van der Waals surface area contributed by atoms with E-state index in [4.69, 9.17) is 27.6 Å². The first-order valence-electron chi connectivity index (χ1n) is 9.91. The third kappa shape index (κ3) is 6.09. The van der Waals surface area contributed by atoms with E-state index < -0.39 is 0 Å². The minimum atomic E-state index is -0.340. The van der Waals surface area contributed by atoms with Crippen molar-refractivity contribution in [3.8, 4) is 11.5 Å². The number of hydrogen-bond donors (Lipinski definition) is 1. The molecule has 0 unspecified atom stereocenters. The van der Waals surface area contributed by atoms with Gasteiger partial charge >= 0.3 is 0 Å². The molecule has 2 aromatic carbocycles. The van der Waals surface area contributed by atoms with Gasteiger partial charge in [0.15, 0.2) is 0 Å². The van der Waals surface area contributed by atoms with Crippen molar-refractivity contribution in [1.82, 2.24) is 9.88 Å². The summed E-state index contributed by atoms with van der Waals surface area (Å²) in [6.45, 7) is 4.08. The van der Waals surface area contributed by atoms with Crippen molar-refractivity contribution in [3.63, 3.8) is 0 Å². The van der Waals surface area contributed by atoms with E-state index in [0.717, 1.165) is 5.56 Å². The number of oxazole rings is 1. The summed E-state index contributed by atoms with van der Waals surface area (Å²) in [6, 6.07) is 14.3. The fourth-order valence-corrected chi connectivity index (χ4v) is 3.52. The number of anilines is 1. The predicted octanol–water partition coefficient (Wildman–Crippen LogP) is 5.38. The average Bonchev–Trinajstić information content (AvgIpc) is 3.10. The third-order valence-electron chi connectivity index (χ3n) is 4.62. The third-order valence-corrected chi connectivity index (χ3v) is 5.17. The zero-order valence-electron chi connectivity index (χ0n) is 17.3. The summed E-state index contributed by atoms with van der Waals surface area (Å²) in [7, 11) is 0. The van der Waals surface area contributed by atoms with Gasteiger partial charge in [-0.1, -0.05) is 48.3 Å². The number of benzene rings is 2. The van der Waals surface area contributed by atoms with Crippen LogP contribution in [0.5, 0.6) is 0 Å². The van der Waals surface area contributed by atoms with E-state index in [2.05, 4.69) is 10.3 Å². The predicted molar refractivity (Wildman–Crippen MR) is 122 cm³/mol. The highest BCUT2D eigenvalue weighted by Gasteiger charge is 2.21. The summed E-state index contributed by atoms with van der Waals surface area (Å²) in [5.74, 6) is 0.516. The second kappa shape index (κ2) is 10.5. The number of aromatic nitrogens is 1. The van der Waals surface area contributed by atoms with Crippen molar-refractivity contribution in [1.29, 1.82) is 0 Å². The van der Waals surface area contributed by atoms with Gasteiger partial charge in [-0.3, -0.25) is 9.59 Å². The van der Waals surface area contributed by atoms with E-state index in [1.807, 2.05) is 37.3 Å². The molecule has 1 heterocycles. The topological polar surface area (TPSA) is 75.4 Å². The second-order valence-electron chi connectivity index (χ2n) is 7.05. The van der Waals surface area contributed by atoms with Gasteiger partial charge in [0.1, 0.15) is 5.76 Å². The highest BCUT2D eigenvalue weighted by atomic mass is 35.5. The standard InChI is InChI=1S/C23H23Cl2N3O3/c1-3-11-28(14-21(29)26-19-10-9-17(24)12-18(19)25)22(30)13-20-15(2)31-23(27-20)16-7-5-4-6-8-16/h4-10,12H,3,11,13-14H2,1-2H3,(H,26,29). The molecule has 8 heteroatoms. The summed E-state index contributed by atoms with van der Waals surface area (Å²) in [5.41, 5.74) is 1.85. The molecule has 0 aliphatic carbocycles. The van der Waals surface area contributed by atoms with Gasteiger partial charge in [0.25, 0.3) is 0 Å². The zero-order chi connectivity index (χ0) is 22.4. The molecule has 0 atom stereocenters. The number of nitrogens with one attached hydrogen (secondary N) is 1. The summed E-state index contributed by atoms with van der Waals surface area (Å²) in [4.78, 5) is 31.4. The average molecular weight is 460 g/mol. The Hall–Kier alpha value is -2.83. The summed E-state index contributed by atoms with van der Waals surface area (Å²) >= 11 is 12.0. The van der Waals surface area contributed by atoms with Crippen molar-refractivity contribution in [2.75, 3.05) is 18.4 Å². The Morgan fingerprint density at radius 2 is 1.87 bits per heavy atom. The lowest BCUT2D eigenvalue weighted by molar-refractivity contribution is -0.134. The number of aryl methyl sites for hydroxylation is 1. The smallest absolute Gasteiger partial charge is 0.244 e. The lowest BCUT2D eigenvalue weighted by atomic mass is 10.2. The van der Waals surface area contributed by atoms with Crippen molar-refractivity contribution in [2.24, 2.45) is 0 Å². The van der Waals surface area contributed by atoms with Gasteiger partial charge in [0.05, 0.1) is 29.4 Å². The Kier molecular flexibility index (Phi) is 7.71. The maximum Gasteiger partial charge on any atom is 0.244 e. The monoisotopic (exact) mass is 459 g/mol. The Morgan fingerprint density at radius 1 is 1.13 bits per heavy atom. The van der Waals surface area contributed by atoms with Gasteiger partial charge < -0.3 is 14.6 Å². The first-order chi connectivity index (χ1) is 14.9. The Labute approximate surface area is 191 Å². The van der Waals surface area contributed by atoms with Crippen molar-refractivity contribution < 1.29 is 14.0 Å². The van der Waals surface area contributed by atoms with Crippen LogP contribution >= 0.6 is 23.2 Å². The van der Waals surface area contributed by atoms with Crippen LogP contribution in [0, 0.1) is 6.92 Å². The van der Waals surface area contributed by atoms with Gasteiger partial charge in [-0.2, -0.15) is 0 Å². The maximum absolute atomic E-state index is 12.9. The molecule has 0 fully saturated rings. The fourth-order valence-electron chi connectivity index (χ4n) is 3.07. The van der Waals surface area contributed by atoms with Crippen LogP contribution in [0.4, 0.5) is 5.69 Å². The van der Waals surface area contributed by atoms with Gasteiger partial charge in [-0.25, -0.2) is 4.98 Å². The molecule has 2 amide bonds. The molecular formula is C23H23Cl2N3O3. The van der Waals surface area contributed by atoms with Crippen molar-refractivity contribution in [3.05, 3.63) is 70.0 Å². The molecule has 0 aliphatic rings. The van der Waals surface area contributed by atoms with Gasteiger partial charge in [0.2, 0.25) is 17.7 Å². The molecule has 162 valence electrons. The molecule has 0 spiro atoms. The number of hydrogen-bond acceptors (Lipinski definition) is 4. The largest absolute Gasteiger partial charge is 0.441 e. The van der Waals surface area contributed by atoms with E-state index in [-0.39, 0.29) is 24.8 Å². The Balaban J connectivity index is 1.68. The van der Waals surface area contributed by atoms with E-state index in [1.165, 1.54) is 4.90 Å². The highest BCUT2D eigenvalue weighted by molar-refractivity contribution is 6.36. The second-order valence-corrected chi connectivity index (χ2v) is 7.90. The lowest BCUT2D eigenvalue weighted by Crippen LogP contribution is -2.39. The van der Waals surface area contributed by atoms with E-state index in [0.29, 0.717) is 46.0 Å². The molecule has 1 aromatic heterocycles. The molecule has 0 aliphatic heterocycles. The van der Waals surface area contributed by atoms with E-state index in [1.54, 1.807) is 25.1 Å². The maximum atomic E-state index is 12.9. The van der Waals surface area contributed by atoms with Crippen LogP contribution in [0.2, 0.25) is 10.0 Å². The highest BCUT2D eigenvalue weighted by Crippen LogP contribution is 2.25. The molecule has 0 radical (unpaired) electrons. The van der Waals surface area contributed by atoms with Crippen molar-refractivity contribution >= 4 is 40.7 Å². The van der Waals surface area contributed by atoms with Gasteiger partial charge in [-0.15, -0.1) is 0 Å². The molecule has 31 heavy (non-hydrogen) atoms. The van der Waals surface area contributed by atoms with Crippen LogP contribution in [0.25, 0.3) is 11.5 Å². The molecule has 0 bridgehead atoms. The van der Waals surface area contributed by atoms with Crippen molar-refractivity contribution in [2.45, 2.75) is 26.7 Å². The summed E-state index contributed by atoms with van der Waals surface area (Å²) in [6.07, 6.45) is 0.769. The van der Waals surface area contributed by atoms with Crippen LogP contribution < -0.4 is 5.32 Å². The van der Waals surface area contributed by atoms with Gasteiger partial charge in [-0.05, 0) is 43.7 Å².